The molecule has 0 aromatic heterocycles. The molecule has 12 heavy (non-hydrogen) atoms. The Morgan fingerprint density at radius 1 is 1.42 bits per heavy atom. The average molecular weight is 166 g/mol. The van der Waals surface area contributed by atoms with E-state index in [1.165, 1.54) is 12.8 Å². The van der Waals surface area contributed by atoms with Gasteiger partial charge in [0.1, 0.15) is 6.10 Å². The third-order valence-corrected chi connectivity index (χ3v) is 1.53. The molecular weight excluding hydrogens is 148 g/mol. The normalized spacial score (nSPS) is 12.6. The minimum Gasteiger partial charge on any atom is -0.377 e. The van der Waals surface area contributed by atoms with E-state index in [2.05, 4.69) is 18.8 Å². The van der Waals surface area contributed by atoms with Gasteiger partial charge in [0.25, 0.3) is 0 Å². The number of rotatable bonds is 4. The summed E-state index contributed by atoms with van der Waals surface area (Å²) in [6.45, 7) is 4.05. The first-order chi connectivity index (χ1) is 5.81. The van der Waals surface area contributed by atoms with E-state index >= 15 is 0 Å². The number of unbranched alkanes of at least 4 members (excludes halogenated alkanes) is 3. The predicted molar refractivity (Wildman–Crippen MR) is 52.7 cm³/mol. The van der Waals surface area contributed by atoms with Crippen LogP contribution < -0.4 is 0 Å². The fraction of sp³-hybridized carbons (Fsp3) is 0.636. The Balaban J connectivity index is 3.44. The SMILES string of the molecule is C/C=C/C(O)C#CCCCCC. The van der Waals surface area contributed by atoms with Gasteiger partial charge >= 0.3 is 0 Å². The van der Waals surface area contributed by atoms with E-state index < -0.39 is 6.10 Å². The summed E-state index contributed by atoms with van der Waals surface area (Å²) in [5.41, 5.74) is 0. The molecule has 0 radical (unpaired) electrons. The van der Waals surface area contributed by atoms with E-state index in [0.29, 0.717) is 0 Å². The van der Waals surface area contributed by atoms with E-state index in [1.807, 2.05) is 13.0 Å². The van der Waals surface area contributed by atoms with Gasteiger partial charge in [-0.05, 0) is 19.4 Å². The van der Waals surface area contributed by atoms with Crippen LogP contribution in [0.5, 0.6) is 0 Å². The highest BCUT2D eigenvalue weighted by molar-refractivity contribution is 5.11. The van der Waals surface area contributed by atoms with E-state index in [9.17, 15) is 0 Å². The molecule has 0 fully saturated rings. The lowest BCUT2D eigenvalue weighted by Crippen LogP contribution is -1.95. The second kappa shape index (κ2) is 8.36. The Morgan fingerprint density at radius 2 is 2.17 bits per heavy atom. The number of hydrogen-bond donors (Lipinski definition) is 1. The van der Waals surface area contributed by atoms with Gasteiger partial charge in [-0.15, -0.1) is 5.92 Å². The van der Waals surface area contributed by atoms with E-state index in [1.54, 1.807) is 6.08 Å². The molecular formula is C11H18O. The van der Waals surface area contributed by atoms with Gasteiger partial charge in [0.05, 0.1) is 0 Å². The fourth-order valence-corrected chi connectivity index (χ4v) is 0.871. The van der Waals surface area contributed by atoms with Crippen molar-refractivity contribution in [1.29, 1.82) is 0 Å². The van der Waals surface area contributed by atoms with Crippen molar-refractivity contribution >= 4 is 0 Å². The predicted octanol–water partition coefficient (Wildman–Crippen LogP) is 2.51. The maximum atomic E-state index is 9.15. The molecule has 0 saturated heterocycles. The maximum absolute atomic E-state index is 9.15. The van der Waals surface area contributed by atoms with Gasteiger partial charge in [-0.2, -0.15) is 0 Å². The van der Waals surface area contributed by atoms with Crippen LogP contribution in [-0.2, 0) is 0 Å². The molecule has 1 atom stereocenters. The number of allylic oxidation sites excluding steroid dienone is 1. The summed E-state index contributed by atoms with van der Waals surface area (Å²) in [5.74, 6) is 5.71. The van der Waals surface area contributed by atoms with E-state index in [-0.39, 0.29) is 0 Å². The van der Waals surface area contributed by atoms with E-state index in [4.69, 9.17) is 5.11 Å². The highest BCUT2D eigenvalue weighted by Gasteiger charge is 1.87. The van der Waals surface area contributed by atoms with Crippen molar-refractivity contribution in [3.63, 3.8) is 0 Å². The zero-order valence-electron chi connectivity index (χ0n) is 8.01. The first-order valence-electron chi connectivity index (χ1n) is 4.60. The van der Waals surface area contributed by atoms with Crippen molar-refractivity contribution in [3.05, 3.63) is 12.2 Å². The Labute approximate surface area is 75.5 Å². The molecule has 68 valence electrons. The van der Waals surface area contributed by atoms with Crippen molar-refractivity contribution in [2.24, 2.45) is 0 Å². The summed E-state index contributed by atoms with van der Waals surface area (Å²) >= 11 is 0. The second-order valence-corrected chi connectivity index (χ2v) is 2.75. The highest BCUT2D eigenvalue weighted by atomic mass is 16.3. The molecule has 1 N–H and O–H groups in total. The Bertz CT molecular complexity index is 171. The summed E-state index contributed by atoms with van der Waals surface area (Å²) in [6, 6.07) is 0. The van der Waals surface area contributed by atoms with Crippen molar-refractivity contribution in [2.75, 3.05) is 0 Å². The molecule has 0 heterocycles. The van der Waals surface area contributed by atoms with Gasteiger partial charge in [0, 0.05) is 6.42 Å². The van der Waals surface area contributed by atoms with Crippen LogP contribution in [0, 0.1) is 11.8 Å². The molecule has 1 heteroatoms. The molecule has 0 rings (SSSR count). The number of aliphatic hydroxyl groups is 1. The van der Waals surface area contributed by atoms with Gasteiger partial charge in [-0.1, -0.05) is 31.8 Å². The van der Waals surface area contributed by atoms with Crippen LogP contribution in [0.2, 0.25) is 0 Å². The third-order valence-electron chi connectivity index (χ3n) is 1.53. The van der Waals surface area contributed by atoms with Crippen LogP contribution in [0.15, 0.2) is 12.2 Å². The Hall–Kier alpha value is -0.740. The average Bonchev–Trinajstić information content (AvgIpc) is 2.05. The zero-order valence-corrected chi connectivity index (χ0v) is 8.01. The lowest BCUT2D eigenvalue weighted by atomic mass is 10.2. The first kappa shape index (κ1) is 11.3. The van der Waals surface area contributed by atoms with E-state index in [0.717, 1.165) is 12.8 Å². The molecule has 0 spiro atoms. The van der Waals surface area contributed by atoms with Crippen molar-refractivity contribution < 1.29 is 5.11 Å². The van der Waals surface area contributed by atoms with Crippen molar-refractivity contribution in [2.45, 2.75) is 45.6 Å². The van der Waals surface area contributed by atoms with Crippen LogP contribution >= 0.6 is 0 Å². The summed E-state index contributed by atoms with van der Waals surface area (Å²) in [5, 5.41) is 9.15. The molecule has 0 aromatic carbocycles. The van der Waals surface area contributed by atoms with Gasteiger partial charge in [0.15, 0.2) is 0 Å². The molecule has 0 bridgehead atoms. The Morgan fingerprint density at radius 3 is 2.75 bits per heavy atom. The van der Waals surface area contributed by atoms with Gasteiger partial charge in [-0.3, -0.25) is 0 Å². The number of aliphatic hydroxyl groups excluding tert-OH is 1. The molecule has 0 aromatic rings. The lowest BCUT2D eigenvalue weighted by molar-refractivity contribution is 0.280. The summed E-state index contributed by atoms with van der Waals surface area (Å²) < 4.78 is 0. The third kappa shape index (κ3) is 7.37. The largest absolute Gasteiger partial charge is 0.377 e. The second-order valence-electron chi connectivity index (χ2n) is 2.75. The van der Waals surface area contributed by atoms with Crippen LogP contribution in [-0.4, -0.2) is 11.2 Å². The van der Waals surface area contributed by atoms with Gasteiger partial charge < -0.3 is 5.11 Å². The molecule has 1 unspecified atom stereocenters. The highest BCUT2D eigenvalue weighted by Crippen LogP contribution is 1.96. The van der Waals surface area contributed by atoms with Crippen LogP contribution in [0.4, 0.5) is 0 Å². The minimum absolute atomic E-state index is 0.573. The van der Waals surface area contributed by atoms with Gasteiger partial charge in [0.2, 0.25) is 0 Å². The zero-order chi connectivity index (χ0) is 9.23. The topological polar surface area (TPSA) is 20.2 Å². The number of hydrogen-bond acceptors (Lipinski definition) is 1. The maximum Gasteiger partial charge on any atom is 0.133 e. The monoisotopic (exact) mass is 166 g/mol. The smallest absolute Gasteiger partial charge is 0.133 e. The Kier molecular flexibility index (Phi) is 7.84. The van der Waals surface area contributed by atoms with Gasteiger partial charge in [-0.25, -0.2) is 0 Å². The first-order valence-corrected chi connectivity index (χ1v) is 4.60. The molecule has 0 aliphatic rings. The van der Waals surface area contributed by atoms with Crippen LogP contribution in [0.25, 0.3) is 0 Å². The molecule has 1 nitrogen and oxygen atoms in total. The van der Waals surface area contributed by atoms with Crippen molar-refractivity contribution in [3.8, 4) is 11.8 Å². The van der Waals surface area contributed by atoms with Crippen LogP contribution in [0.3, 0.4) is 0 Å². The summed E-state index contributed by atoms with van der Waals surface area (Å²) in [7, 11) is 0. The lowest BCUT2D eigenvalue weighted by Gasteiger charge is -1.92. The molecule has 0 aliphatic heterocycles. The fourth-order valence-electron chi connectivity index (χ4n) is 0.871. The van der Waals surface area contributed by atoms with Crippen LogP contribution in [0.1, 0.15) is 39.5 Å². The summed E-state index contributed by atoms with van der Waals surface area (Å²) in [4.78, 5) is 0. The minimum atomic E-state index is -0.573. The molecule has 0 saturated carbocycles. The standard InChI is InChI=1S/C11H18O/c1-3-5-6-7-8-10-11(12)9-4-2/h4,9,11-12H,3,5-7H2,1-2H3/b9-4+. The molecule has 0 aliphatic carbocycles. The summed E-state index contributed by atoms with van der Waals surface area (Å²) in [6.07, 6.45) is 7.43. The quantitative estimate of drug-likeness (QED) is 0.386. The van der Waals surface area contributed by atoms with Crippen molar-refractivity contribution in [1.82, 2.24) is 0 Å². The molecule has 0 amide bonds.